The summed E-state index contributed by atoms with van der Waals surface area (Å²) in [5, 5.41) is 9.76. The summed E-state index contributed by atoms with van der Waals surface area (Å²) in [5.41, 5.74) is 0.952. The van der Waals surface area contributed by atoms with E-state index in [4.69, 9.17) is 0 Å². The highest BCUT2D eigenvalue weighted by atomic mass is 16.2. The predicted octanol–water partition coefficient (Wildman–Crippen LogP) is 0.410. The Labute approximate surface area is 127 Å². The zero-order valence-corrected chi connectivity index (χ0v) is 12.0. The van der Waals surface area contributed by atoms with Crippen LogP contribution in [-0.2, 0) is 16.1 Å². The van der Waals surface area contributed by atoms with E-state index in [1.807, 2.05) is 24.4 Å². The van der Waals surface area contributed by atoms with Crippen LogP contribution in [0, 0.1) is 5.92 Å². The minimum absolute atomic E-state index is 0.0158. The van der Waals surface area contributed by atoms with Gasteiger partial charge in [-0.15, -0.1) is 0 Å². The number of carbonyl (C=O) groups is 2. The molecule has 0 aromatic carbocycles. The largest absolute Gasteiger partial charge is 0.355 e. The summed E-state index contributed by atoms with van der Waals surface area (Å²) in [7, 11) is 0. The van der Waals surface area contributed by atoms with Gasteiger partial charge >= 0.3 is 0 Å². The Balaban J connectivity index is 1.58. The third-order valence-corrected chi connectivity index (χ3v) is 3.65. The number of amides is 2. The summed E-state index contributed by atoms with van der Waals surface area (Å²) in [4.78, 5) is 27.4. The Bertz CT molecular complexity index is 658. The quantitative estimate of drug-likeness (QED) is 0.856. The van der Waals surface area contributed by atoms with Crippen LogP contribution in [-0.4, -0.2) is 33.1 Å². The monoisotopic (exact) mass is 299 g/mol. The second-order valence-electron chi connectivity index (χ2n) is 5.23. The molecule has 1 aliphatic rings. The molecule has 1 atom stereocenters. The number of hydrogen-bond acceptors (Lipinski definition) is 4. The van der Waals surface area contributed by atoms with Gasteiger partial charge in [-0.1, -0.05) is 0 Å². The Morgan fingerprint density at radius 2 is 2.36 bits per heavy atom. The molecule has 7 heteroatoms. The zero-order chi connectivity index (χ0) is 15.4. The molecule has 1 saturated heterocycles. The minimum atomic E-state index is -0.148. The van der Waals surface area contributed by atoms with Crippen molar-refractivity contribution in [3.8, 4) is 5.82 Å². The second-order valence-corrected chi connectivity index (χ2v) is 5.23. The van der Waals surface area contributed by atoms with Gasteiger partial charge < -0.3 is 10.6 Å². The van der Waals surface area contributed by atoms with Crippen molar-refractivity contribution in [2.45, 2.75) is 19.4 Å². The highest BCUT2D eigenvalue weighted by Crippen LogP contribution is 2.11. The van der Waals surface area contributed by atoms with Gasteiger partial charge in [-0.25, -0.2) is 9.67 Å². The van der Waals surface area contributed by atoms with Gasteiger partial charge in [0.05, 0.1) is 5.92 Å². The summed E-state index contributed by atoms with van der Waals surface area (Å²) in [6, 6.07) is 5.57. The van der Waals surface area contributed by atoms with Gasteiger partial charge in [-0.3, -0.25) is 9.59 Å². The highest BCUT2D eigenvalue weighted by molar-refractivity contribution is 5.83. The average Bonchev–Trinajstić information content (AvgIpc) is 3.08. The molecule has 2 amide bonds. The van der Waals surface area contributed by atoms with Crippen molar-refractivity contribution >= 4 is 11.8 Å². The Morgan fingerprint density at radius 3 is 3.09 bits per heavy atom. The fraction of sp³-hybridized carbons (Fsp3) is 0.333. The first-order valence-electron chi connectivity index (χ1n) is 7.22. The molecule has 2 N–H and O–H groups in total. The van der Waals surface area contributed by atoms with Crippen LogP contribution in [0.25, 0.3) is 5.82 Å². The van der Waals surface area contributed by atoms with E-state index < -0.39 is 0 Å². The molecule has 2 aromatic heterocycles. The standard InChI is InChI=1S/C15H17N5O2/c21-14-3-2-12(10-17-14)15(22)18-9-11-4-6-16-13(8-11)20-7-1-5-19-20/h1,4-8,12H,2-3,9-10H2,(H,17,21)(H,18,22)/t12-/m0/s1. The molecule has 7 nitrogen and oxygen atoms in total. The molecule has 0 saturated carbocycles. The number of nitrogens with one attached hydrogen (secondary N) is 2. The van der Waals surface area contributed by atoms with E-state index in [9.17, 15) is 9.59 Å². The third-order valence-electron chi connectivity index (χ3n) is 3.65. The number of carbonyl (C=O) groups excluding carboxylic acids is 2. The van der Waals surface area contributed by atoms with Crippen molar-refractivity contribution in [2.75, 3.05) is 6.54 Å². The van der Waals surface area contributed by atoms with Crippen LogP contribution in [0.2, 0.25) is 0 Å². The van der Waals surface area contributed by atoms with E-state index in [2.05, 4.69) is 20.7 Å². The number of rotatable bonds is 4. The van der Waals surface area contributed by atoms with Crippen molar-refractivity contribution < 1.29 is 9.59 Å². The Hall–Kier alpha value is -2.70. The zero-order valence-electron chi connectivity index (χ0n) is 12.0. The molecule has 1 aliphatic heterocycles. The summed E-state index contributed by atoms with van der Waals surface area (Å²) >= 11 is 0. The smallest absolute Gasteiger partial charge is 0.225 e. The van der Waals surface area contributed by atoms with E-state index >= 15 is 0 Å². The average molecular weight is 299 g/mol. The van der Waals surface area contributed by atoms with Gasteiger partial charge in [0, 0.05) is 38.1 Å². The molecule has 1 fully saturated rings. The molecule has 22 heavy (non-hydrogen) atoms. The third kappa shape index (κ3) is 3.30. The van der Waals surface area contributed by atoms with Crippen LogP contribution >= 0.6 is 0 Å². The summed E-state index contributed by atoms with van der Waals surface area (Å²) < 4.78 is 1.67. The fourth-order valence-corrected chi connectivity index (χ4v) is 2.39. The van der Waals surface area contributed by atoms with E-state index in [0.717, 1.165) is 5.56 Å². The number of piperidine rings is 1. The van der Waals surface area contributed by atoms with Gasteiger partial charge in [0.2, 0.25) is 11.8 Å². The van der Waals surface area contributed by atoms with Crippen molar-refractivity contribution in [3.63, 3.8) is 0 Å². The first-order chi connectivity index (χ1) is 10.7. The lowest BCUT2D eigenvalue weighted by Gasteiger charge is -2.21. The first-order valence-corrected chi connectivity index (χ1v) is 7.22. The van der Waals surface area contributed by atoms with Gasteiger partial charge in [-0.05, 0) is 30.2 Å². The highest BCUT2D eigenvalue weighted by Gasteiger charge is 2.23. The van der Waals surface area contributed by atoms with Crippen molar-refractivity contribution in [2.24, 2.45) is 5.92 Å². The summed E-state index contributed by atoms with van der Waals surface area (Å²) in [5.74, 6) is 0.548. The van der Waals surface area contributed by atoms with Crippen LogP contribution in [0.1, 0.15) is 18.4 Å². The maximum Gasteiger partial charge on any atom is 0.225 e. The van der Waals surface area contributed by atoms with E-state index in [-0.39, 0.29) is 17.7 Å². The van der Waals surface area contributed by atoms with Crippen LogP contribution in [0.4, 0.5) is 0 Å². The molecule has 0 bridgehead atoms. The Kier molecular flexibility index (Phi) is 4.13. The molecule has 0 radical (unpaired) electrons. The summed E-state index contributed by atoms with van der Waals surface area (Å²) in [6.07, 6.45) is 6.21. The molecule has 0 aliphatic carbocycles. The van der Waals surface area contributed by atoms with Crippen molar-refractivity contribution in [1.29, 1.82) is 0 Å². The van der Waals surface area contributed by atoms with Crippen LogP contribution in [0.15, 0.2) is 36.8 Å². The number of pyridine rings is 1. The van der Waals surface area contributed by atoms with Crippen LogP contribution < -0.4 is 10.6 Å². The predicted molar refractivity (Wildman–Crippen MR) is 78.9 cm³/mol. The molecule has 0 spiro atoms. The molecule has 3 heterocycles. The van der Waals surface area contributed by atoms with Gasteiger partial charge in [-0.2, -0.15) is 5.10 Å². The number of nitrogens with zero attached hydrogens (tertiary/aromatic N) is 3. The van der Waals surface area contributed by atoms with Crippen molar-refractivity contribution in [1.82, 2.24) is 25.4 Å². The van der Waals surface area contributed by atoms with E-state index in [0.29, 0.717) is 31.7 Å². The summed E-state index contributed by atoms with van der Waals surface area (Å²) in [6.45, 7) is 0.847. The topological polar surface area (TPSA) is 88.9 Å². The molecule has 114 valence electrons. The van der Waals surface area contributed by atoms with Crippen LogP contribution in [0.3, 0.4) is 0 Å². The minimum Gasteiger partial charge on any atom is -0.355 e. The lowest BCUT2D eigenvalue weighted by molar-refractivity contribution is -0.129. The molecular formula is C15H17N5O2. The van der Waals surface area contributed by atoms with Crippen LogP contribution in [0.5, 0.6) is 0 Å². The normalized spacial score (nSPS) is 17.8. The number of aromatic nitrogens is 3. The van der Waals surface area contributed by atoms with Crippen molar-refractivity contribution in [3.05, 3.63) is 42.4 Å². The SMILES string of the molecule is O=C1CC[C@H](C(=O)NCc2ccnc(-n3cccn3)c2)CN1. The lowest BCUT2D eigenvalue weighted by Crippen LogP contribution is -2.42. The fourth-order valence-electron chi connectivity index (χ4n) is 2.39. The van der Waals surface area contributed by atoms with E-state index in [1.54, 1.807) is 17.1 Å². The van der Waals surface area contributed by atoms with Gasteiger partial charge in [0.15, 0.2) is 5.82 Å². The Morgan fingerprint density at radius 1 is 1.45 bits per heavy atom. The van der Waals surface area contributed by atoms with Gasteiger partial charge in [0.1, 0.15) is 0 Å². The van der Waals surface area contributed by atoms with E-state index in [1.165, 1.54) is 0 Å². The maximum atomic E-state index is 12.1. The molecular weight excluding hydrogens is 282 g/mol. The number of hydrogen-bond donors (Lipinski definition) is 2. The molecule has 0 unspecified atom stereocenters. The first kappa shape index (κ1) is 14.2. The second kappa shape index (κ2) is 6.38. The maximum absolute atomic E-state index is 12.1. The molecule has 2 aromatic rings. The molecule has 3 rings (SSSR count). The van der Waals surface area contributed by atoms with Gasteiger partial charge in [0.25, 0.3) is 0 Å². The lowest BCUT2D eigenvalue weighted by atomic mass is 9.98.